The second-order valence-electron chi connectivity index (χ2n) is 2.42. The fourth-order valence-corrected chi connectivity index (χ4v) is 1.30. The summed E-state index contributed by atoms with van der Waals surface area (Å²) in [5.74, 6) is 0. The van der Waals surface area contributed by atoms with Crippen LogP contribution in [0.3, 0.4) is 0 Å². The summed E-state index contributed by atoms with van der Waals surface area (Å²) in [5.41, 5.74) is 0. The van der Waals surface area contributed by atoms with Crippen molar-refractivity contribution in [3.8, 4) is 0 Å². The Labute approximate surface area is 94.0 Å². The molecule has 0 aromatic rings. The van der Waals surface area contributed by atoms with Crippen LogP contribution in [0.2, 0.25) is 0 Å². The predicted octanol–water partition coefficient (Wildman–Crippen LogP) is 2.59. The molecule has 0 saturated heterocycles. The van der Waals surface area contributed by atoms with Gasteiger partial charge in [-0.05, 0) is 0 Å². The van der Waals surface area contributed by atoms with Crippen LogP contribution in [0.25, 0.3) is 0 Å². The van der Waals surface area contributed by atoms with Crippen molar-refractivity contribution in [3.05, 3.63) is 0 Å². The van der Waals surface area contributed by atoms with Gasteiger partial charge in [0.25, 0.3) is 0 Å². The van der Waals surface area contributed by atoms with Crippen molar-refractivity contribution in [3.63, 3.8) is 0 Å². The minimum atomic E-state index is -0.929. The molecular weight excluding hydrogens is 266 g/mol. The van der Waals surface area contributed by atoms with Crippen molar-refractivity contribution in [1.29, 1.82) is 0 Å². The molecule has 0 spiro atoms. The van der Waals surface area contributed by atoms with Crippen LogP contribution >= 0.6 is 24.8 Å². The van der Waals surface area contributed by atoms with Crippen LogP contribution < -0.4 is 0 Å². The van der Waals surface area contributed by atoms with Crippen LogP contribution in [-0.4, -0.2) is 12.2 Å². The van der Waals surface area contributed by atoms with E-state index >= 15 is 0 Å². The van der Waals surface area contributed by atoms with Gasteiger partial charge in [0.2, 0.25) is 0 Å². The monoisotopic (exact) mass is 280 g/mol. The van der Waals surface area contributed by atoms with Gasteiger partial charge in [-0.3, -0.25) is 0 Å². The van der Waals surface area contributed by atoms with Crippen LogP contribution in [0.1, 0.15) is 27.7 Å². The summed E-state index contributed by atoms with van der Waals surface area (Å²) in [6, 6.07) is 0. The number of hydrogen-bond acceptors (Lipinski definition) is 2. The first-order valence-electron chi connectivity index (χ1n) is 3.19. The Hall–Kier alpha value is 1.38. The van der Waals surface area contributed by atoms with Gasteiger partial charge in [-0.15, -0.1) is 24.8 Å². The van der Waals surface area contributed by atoms with E-state index < -0.39 is 24.1 Å². The summed E-state index contributed by atoms with van der Waals surface area (Å²) in [5, 5.41) is 0. The van der Waals surface area contributed by atoms with E-state index in [2.05, 4.69) is 0 Å². The standard InChI is InChI=1S/2C3H7O.2ClH.Zr/c2*1-3(2)4;;;/h2*3H,1-2H3;2*1H;/q2*-1;;;+2. The fraction of sp³-hybridized carbons (Fsp3) is 1.00. The molecule has 0 aromatic carbocycles. The first kappa shape index (κ1) is 18.2. The van der Waals surface area contributed by atoms with Crippen molar-refractivity contribution in [2.45, 2.75) is 39.9 Å². The maximum Gasteiger partial charge on any atom is -0.147 e. The average Bonchev–Trinajstić information content (AvgIpc) is 1.63. The maximum atomic E-state index is 5.30. The molecule has 0 heterocycles. The molecule has 0 saturated carbocycles. The van der Waals surface area contributed by atoms with Gasteiger partial charge < -0.3 is 0 Å². The molecule has 0 amide bonds. The molecule has 0 radical (unpaired) electrons. The van der Waals surface area contributed by atoms with Crippen LogP contribution in [0.4, 0.5) is 0 Å². The van der Waals surface area contributed by atoms with Crippen LogP contribution in [0.5, 0.6) is 0 Å². The summed E-state index contributed by atoms with van der Waals surface area (Å²) in [6.45, 7) is 8.13. The molecule has 0 atom stereocenters. The molecule has 0 aromatic heterocycles. The van der Waals surface area contributed by atoms with E-state index in [0.717, 1.165) is 0 Å². The minimum absolute atomic E-state index is 0. The largest absolute Gasteiger partial charge is 0.147 e. The first-order chi connectivity index (χ1) is 4.13. The molecule has 0 bridgehead atoms. The average molecular weight is 282 g/mol. The smallest absolute Gasteiger partial charge is 0.147 e. The summed E-state index contributed by atoms with van der Waals surface area (Å²) in [4.78, 5) is 0. The third-order valence-electron chi connectivity index (χ3n) is 0.568. The van der Waals surface area contributed by atoms with Gasteiger partial charge in [-0.25, -0.2) is 0 Å². The fourth-order valence-electron chi connectivity index (χ4n) is 0.220. The van der Waals surface area contributed by atoms with Gasteiger partial charge in [-0.1, -0.05) is 0 Å². The topological polar surface area (TPSA) is 18.5 Å². The number of rotatable bonds is 4. The molecule has 0 rings (SSSR count). The van der Waals surface area contributed by atoms with Crippen LogP contribution in [-0.2, 0) is 29.7 Å². The zero-order valence-corrected chi connectivity index (χ0v) is 11.4. The third kappa shape index (κ3) is 18.4. The third-order valence-corrected chi connectivity index (χ3v) is 3.36. The van der Waals surface area contributed by atoms with Gasteiger partial charge in [0, 0.05) is 0 Å². The number of hydrogen-bond donors (Lipinski definition) is 0. The minimum Gasteiger partial charge on any atom is -0.147 e. The Morgan fingerprint density at radius 1 is 0.818 bits per heavy atom. The van der Waals surface area contributed by atoms with E-state index in [1.807, 2.05) is 27.7 Å². The van der Waals surface area contributed by atoms with Gasteiger partial charge in [-0.2, -0.15) is 0 Å². The Bertz CT molecular complexity index is 63.6. The van der Waals surface area contributed by atoms with Gasteiger partial charge in [0.1, 0.15) is 0 Å². The van der Waals surface area contributed by atoms with Crippen LogP contribution in [0, 0.1) is 0 Å². The van der Waals surface area contributed by atoms with Crippen molar-refractivity contribution in [2.24, 2.45) is 0 Å². The second kappa shape index (κ2) is 11.4. The molecule has 0 aliphatic rings. The molecule has 0 aliphatic heterocycles. The van der Waals surface area contributed by atoms with E-state index in [1.165, 1.54) is 0 Å². The predicted molar refractivity (Wildman–Crippen MR) is 46.9 cm³/mol. The Kier molecular flexibility index (Phi) is 18.9. The van der Waals surface area contributed by atoms with Crippen molar-refractivity contribution in [2.75, 3.05) is 0 Å². The van der Waals surface area contributed by atoms with Crippen molar-refractivity contribution < 1.29 is 29.7 Å². The Balaban J connectivity index is -0.000000320. The Morgan fingerprint density at radius 3 is 1.27 bits per heavy atom. The molecule has 0 aliphatic carbocycles. The molecule has 11 heavy (non-hydrogen) atoms. The molecule has 0 fully saturated rings. The SMILES string of the molecule is CC(C)[O][Zr][O]C(C)C.Cl.Cl. The molecule has 0 N–H and O–H groups in total. The molecule has 2 nitrogen and oxygen atoms in total. The second-order valence-corrected chi connectivity index (χ2v) is 3.98. The molecule has 0 unspecified atom stereocenters. The van der Waals surface area contributed by atoms with E-state index in [9.17, 15) is 0 Å². The molecule has 70 valence electrons. The van der Waals surface area contributed by atoms with Gasteiger partial charge in [0.15, 0.2) is 0 Å². The summed E-state index contributed by atoms with van der Waals surface area (Å²) in [7, 11) is 0. The van der Waals surface area contributed by atoms with E-state index in [1.54, 1.807) is 0 Å². The number of halogens is 2. The Morgan fingerprint density at radius 2 is 1.09 bits per heavy atom. The molecular formula is C6H16Cl2O2Zr. The van der Waals surface area contributed by atoms with E-state index in [0.29, 0.717) is 12.2 Å². The summed E-state index contributed by atoms with van der Waals surface area (Å²) >= 11 is -0.929. The van der Waals surface area contributed by atoms with Crippen molar-refractivity contribution >= 4 is 24.8 Å². The first-order valence-corrected chi connectivity index (χ1v) is 5.20. The maximum absolute atomic E-state index is 5.30. The van der Waals surface area contributed by atoms with E-state index in [-0.39, 0.29) is 24.8 Å². The molecule has 5 heteroatoms. The summed E-state index contributed by atoms with van der Waals surface area (Å²) in [6.07, 6.45) is 0.686. The van der Waals surface area contributed by atoms with Gasteiger partial charge in [0.05, 0.1) is 0 Å². The van der Waals surface area contributed by atoms with Crippen molar-refractivity contribution in [1.82, 2.24) is 0 Å². The zero-order chi connectivity index (χ0) is 7.28. The van der Waals surface area contributed by atoms with E-state index in [4.69, 9.17) is 5.63 Å². The summed E-state index contributed by atoms with van der Waals surface area (Å²) < 4.78 is 10.6. The zero-order valence-electron chi connectivity index (χ0n) is 7.29. The van der Waals surface area contributed by atoms with Crippen LogP contribution in [0.15, 0.2) is 0 Å². The quantitative estimate of drug-likeness (QED) is 0.789. The normalized spacial score (nSPS) is 8.91. The van der Waals surface area contributed by atoms with Gasteiger partial charge >= 0.3 is 69.6 Å².